The molecule has 33 heavy (non-hydrogen) atoms. The smallest absolute Gasteiger partial charge is 0.407 e. The van der Waals surface area contributed by atoms with Crippen LogP contribution >= 0.6 is 11.6 Å². The normalized spacial score (nSPS) is 26.0. The van der Waals surface area contributed by atoms with Crippen molar-refractivity contribution in [1.29, 1.82) is 0 Å². The molecule has 0 bridgehead atoms. The third-order valence-corrected chi connectivity index (χ3v) is 7.23. The number of aromatic nitrogens is 2. The van der Waals surface area contributed by atoms with Gasteiger partial charge < -0.3 is 25.6 Å². The highest BCUT2D eigenvalue weighted by Crippen LogP contribution is 2.26. The lowest BCUT2D eigenvalue weighted by Crippen LogP contribution is -2.49. The van der Waals surface area contributed by atoms with Crippen LogP contribution in [0.3, 0.4) is 0 Å². The average Bonchev–Trinajstić information content (AvgIpc) is 3.25. The van der Waals surface area contributed by atoms with Gasteiger partial charge in [-0.25, -0.2) is 14.7 Å². The SMILES string of the molecule is O=C(NC1CCCCC1)N[C@H]1CC[C@@H](NC(=O)O[C@@H]2CCN(c3cn[nH]c(=O)c3Cl)C2)CC1. The summed E-state index contributed by atoms with van der Waals surface area (Å²) in [6.07, 6.45) is 10.5. The van der Waals surface area contributed by atoms with E-state index in [0.29, 0.717) is 31.2 Å². The molecule has 4 N–H and O–H groups in total. The van der Waals surface area contributed by atoms with Crippen LogP contribution < -0.4 is 26.4 Å². The van der Waals surface area contributed by atoms with Gasteiger partial charge in [0.15, 0.2) is 0 Å². The summed E-state index contributed by atoms with van der Waals surface area (Å²) in [5.41, 5.74) is 0.109. The maximum atomic E-state index is 12.4. The Morgan fingerprint density at radius 3 is 2.30 bits per heavy atom. The number of hydrogen-bond acceptors (Lipinski definition) is 6. The quantitative estimate of drug-likeness (QED) is 0.513. The van der Waals surface area contributed by atoms with Crippen molar-refractivity contribution in [3.8, 4) is 0 Å². The standard InChI is InChI=1S/C22H33ClN6O4/c23-19-18(12-24-28-20(19)30)29-11-10-17(13-29)33-22(32)27-16-8-6-15(7-9-16)26-21(31)25-14-4-2-1-3-5-14/h12,14-17H,1-11,13H2,(H,27,32)(H,28,30)(H2,25,26,31)/t15-,16+,17-/m1/s1. The Morgan fingerprint density at radius 2 is 1.61 bits per heavy atom. The van der Waals surface area contributed by atoms with Crippen LogP contribution in [0, 0.1) is 0 Å². The van der Waals surface area contributed by atoms with Crippen molar-refractivity contribution in [2.45, 2.75) is 88.4 Å². The minimum Gasteiger partial charge on any atom is -0.444 e. The van der Waals surface area contributed by atoms with Crippen LogP contribution in [-0.4, -0.2) is 59.6 Å². The second-order valence-electron chi connectivity index (χ2n) is 9.31. The Bertz CT molecular complexity index is 882. The summed E-state index contributed by atoms with van der Waals surface area (Å²) in [7, 11) is 0. The number of urea groups is 1. The van der Waals surface area contributed by atoms with Crippen molar-refractivity contribution in [1.82, 2.24) is 26.1 Å². The van der Waals surface area contributed by atoms with Crippen molar-refractivity contribution in [2.75, 3.05) is 18.0 Å². The molecule has 2 aliphatic carbocycles. The van der Waals surface area contributed by atoms with E-state index < -0.39 is 11.7 Å². The number of anilines is 1. The minimum absolute atomic E-state index is 0.0424. The number of H-pyrrole nitrogens is 1. The third-order valence-electron chi connectivity index (χ3n) is 6.86. The molecule has 1 aromatic heterocycles. The van der Waals surface area contributed by atoms with Crippen molar-refractivity contribution >= 4 is 29.4 Å². The molecule has 0 unspecified atom stereocenters. The third kappa shape index (κ3) is 6.52. The van der Waals surface area contributed by atoms with Crippen molar-refractivity contribution < 1.29 is 14.3 Å². The van der Waals surface area contributed by atoms with Gasteiger partial charge in [0, 0.05) is 31.1 Å². The first-order valence-corrected chi connectivity index (χ1v) is 12.4. The monoisotopic (exact) mass is 480 g/mol. The van der Waals surface area contributed by atoms with Crippen LogP contribution in [0.25, 0.3) is 0 Å². The fourth-order valence-corrected chi connectivity index (χ4v) is 5.24. The lowest BCUT2D eigenvalue weighted by molar-refractivity contribution is 0.102. The average molecular weight is 481 g/mol. The molecule has 3 amide bonds. The molecule has 1 aromatic rings. The summed E-state index contributed by atoms with van der Waals surface area (Å²) in [6.45, 7) is 1.09. The first kappa shape index (κ1) is 23.7. The van der Waals surface area contributed by atoms with E-state index in [0.717, 1.165) is 38.5 Å². The Balaban J connectivity index is 1.14. The van der Waals surface area contributed by atoms with Crippen LogP contribution in [0.15, 0.2) is 11.0 Å². The van der Waals surface area contributed by atoms with Gasteiger partial charge in [-0.15, -0.1) is 0 Å². The minimum atomic E-state index is -0.437. The zero-order chi connectivity index (χ0) is 23.2. The Kier molecular flexibility index (Phi) is 7.95. The summed E-state index contributed by atoms with van der Waals surface area (Å²) < 4.78 is 5.59. The van der Waals surface area contributed by atoms with Gasteiger partial charge in [-0.3, -0.25) is 4.79 Å². The number of rotatable bonds is 5. The fraction of sp³-hybridized carbons (Fsp3) is 0.727. The molecule has 11 heteroatoms. The second-order valence-corrected chi connectivity index (χ2v) is 9.68. The number of amides is 3. The molecular formula is C22H33ClN6O4. The summed E-state index contributed by atoms with van der Waals surface area (Å²) >= 11 is 6.07. The number of carbonyl (C=O) groups excluding carboxylic acids is 2. The van der Waals surface area contributed by atoms with Crippen molar-refractivity contribution in [3.63, 3.8) is 0 Å². The Labute approximate surface area is 198 Å². The van der Waals surface area contributed by atoms with Gasteiger partial charge >= 0.3 is 12.1 Å². The number of carbonyl (C=O) groups is 2. The van der Waals surface area contributed by atoms with Crippen LogP contribution in [0.5, 0.6) is 0 Å². The predicted octanol–water partition coefficient (Wildman–Crippen LogP) is 2.67. The molecule has 2 heterocycles. The number of alkyl carbamates (subject to hydrolysis) is 1. The fourth-order valence-electron chi connectivity index (χ4n) is 5.03. The lowest BCUT2D eigenvalue weighted by atomic mass is 9.91. The zero-order valence-corrected chi connectivity index (χ0v) is 19.5. The number of nitrogens with zero attached hydrogens (tertiary/aromatic N) is 2. The molecule has 0 aromatic carbocycles. The van der Waals surface area contributed by atoms with Crippen LogP contribution in [-0.2, 0) is 4.74 Å². The van der Waals surface area contributed by atoms with E-state index in [4.69, 9.17) is 16.3 Å². The maximum Gasteiger partial charge on any atom is 0.407 e. The van der Waals surface area contributed by atoms with Crippen LogP contribution in [0.4, 0.5) is 15.3 Å². The number of nitrogens with one attached hydrogen (secondary N) is 4. The molecule has 1 saturated heterocycles. The predicted molar refractivity (Wildman–Crippen MR) is 125 cm³/mol. The van der Waals surface area contributed by atoms with Gasteiger partial charge in [-0.1, -0.05) is 30.9 Å². The Hall–Kier alpha value is -2.49. The molecule has 182 valence electrons. The van der Waals surface area contributed by atoms with E-state index in [-0.39, 0.29) is 29.2 Å². The van der Waals surface area contributed by atoms with E-state index in [9.17, 15) is 14.4 Å². The molecule has 0 spiro atoms. The number of hydrogen-bond donors (Lipinski definition) is 4. The summed E-state index contributed by atoms with van der Waals surface area (Å²) in [4.78, 5) is 38.2. The highest BCUT2D eigenvalue weighted by molar-refractivity contribution is 6.33. The molecule has 3 aliphatic rings. The summed E-state index contributed by atoms with van der Waals surface area (Å²) in [5, 5.41) is 15.3. The zero-order valence-electron chi connectivity index (χ0n) is 18.8. The van der Waals surface area contributed by atoms with Gasteiger partial charge in [-0.05, 0) is 38.5 Å². The maximum absolute atomic E-state index is 12.4. The Morgan fingerprint density at radius 1 is 0.970 bits per heavy atom. The second kappa shape index (κ2) is 11.1. The van der Waals surface area contributed by atoms with E-state index in [1.54, 1.807) is 0 Å². The topological polar surface area (TPSA) is 128 Å². The van der Waals surface area contributed by atoms with Gasteiger partial charge in [0.2, 0.25) is 0 Å². The molecule has 10 nitrogen and oxygen atoms in total. The highest BCUT2D eigenvalue weighted by Gasteiger charge is 2.30. The highest BCUT2D eigenvalue weighted by atomic mass is 35.5. The molecule has 1 atom stereocenters. The van der Waals surface area contributed by atoms with Crippen LogP contribution in [0.2, 0.25) is 5.02 Å². The van der Waals surface area contributed by atoms with Crippen LogP contribution in [0.1, 0.15) is 64.2 Å². The van der Waals surface area contributed by atoms with E-state index in [1.807, 2.05) is 4.90 Å². The molecule has 3 fully saturated rings. The molecule has 1 aliphatic heterocycles. The largest absolute Gasteiger partial charge is 0.444 e. The van der Waals surface area contributed by atoms with Gasteiger partial charge in [0.25, 0.3) is 5.56 Å². The number of ether oxygens (including phenoxy) is 1. The van der Waals surface area contributed by atoms with E-state index in [2.05, 4.69) is 26.1 Å². The molecule has 4 rings (SSSR count). The summed E-state index contributed by atoms with van der Waals surface area (Å²) in [5.74, 6) is 0. The lowest BCUT2D eigenvalue weighted by Gasteiger charge is -2.30. The molecule has 0 radical (unpaired) electrons. The van der Waals surface area contributed by atoms with E-state index >= 15 is 0 Å². The first-order chi connectivity index (χ1) is 16.0. The first-order valence-electron chi connectivity index (χ1n) is 12.0. The van der Waals surface area contributed by atoms with Crippen molar-refractivity contribution in [2.24, 2.45) is 0 Å². The van der Waals surface area contributed by atoms with E-state index in [1.165, 1.54) is 25.5 Å². The summed E-state index contributed by atoms with van der Waals surface area (Å²) in [6, 6.07) is 0.409. The number of aromatic amines is 1. The molecular weight excluding hydrogens is 448 g/mol. The van der Waals surface area contributed by atoms with Gasteiger partial charge in [-0.2, -0.15) is 5.10 Å². The molecule has 2 saturated carbocycles. The number of halogens is 1. The van der Waals surface area contributed by atoms with Gasteiger partial charge in [0.05, 0.1) is 18.4 Å². The van der Waals surface area contributed by atoms with Gasteiger partial charge in [0.1, 0.15) is 11.1 Å². The van der Waals surface area contributed by atoms with Crippen molar-refractivity contribution in [3.05, 3.63) is 21.6 Å².